The highest BCUT2D eigenvalue weighted by Gasteiger charge is 2.28. The summed E-state index contributed by atoms with van der Waals surface area (Å²) >= 11 is 0. The number of aliphatic hydroxyl groups excluding tert-OH is 1. The van der Waals surface area contributed by atoms with Gasteiger partial charge in [0.15, 0.2) is 0 Å². The fraction of sp³-hybridized carbons (Fsp3) is 0.953. The molecule has 0 heterocycles. The Balaban J connectivity index is 3.95. The van der Waals surface area contributed by atoms with E-state index < -0.39 is 11.6 Å². The molecule has 50 heavy (non-hydrogen) atoms. The lowest BCUT2D eigenvalue weighted by molar-refractivity contribution is -0.154. The minimum absolute atomic E-state index is 0.0515. The van der Waals surface area contributed by atoms with Crippen LogP contribution in [0.4, 0.5) is 4.79 Å². The van der Waals surface area contributed by atoms with E-state index in [2.05, 4.69) is 25.7 Å². The van der Waals surface area contributed by atoms with E-state index in [-0.39, 0.29) is 12.6 Å². The first-order chi connectivity index (χ1) is 24.3. The van der Waals surface area contributed by atoms with Crippen molar-refractivity contribution in [3.8, 4) is 0 Å². The molecule has 0 radical (unpaired) electrons. The molecule has 0 bridgehead atoms. The zero-order valence-corrected chi connectivity index (χ0v) is 34.1. The predicted octanol–water partition coefficient (Wildman–Crippen LogP) is 12.2. The highest BCUT2D eigenvalue weighted by atomic mass is 16.7. The van der Waals surface area contributed by atoms with Gasteiger partial charge in [0.25, 0.3) is 0 Å². The SMILES string of the molecule is CCCCCCCCCOC(=O)C(C)(C)CCCCCCN(CCO)CCCCCCOC(=O)OCCC(CCCCCC)CCCCCC. The van der Waals surface area contributed by atoms with Crippen LogP contribution in [-0.2, 0) is 19.0 Å². The lowest BCUT2D eigenvalue weighted by atomic mass is 9.87. The lowest BCUT2D eigenvalue weighted by Gasteiger charge is -2.23. The zero-order valence-electron chi connectivity index (χ0n) is 34.1. The van der Waals surface area contributed by atoms with Crippen LogP contribution in [-0.4, -0.2) is 68.2 Å². The minimum Gasteiger partial charge on any atom is -0.465 e. The van der Waals surface area contributed by atoms with E-state index in [1.54, 1.807) is 0 Å². The molecule has 298 valence electrons. The fourth-order valence-electron chi connectivity index (χ4n) is 6.70. The van der Waals surface area contributed by atoms with E-state index in [1.807, 2.05) is 13.8 Å². The Morgan fingerprint density at radius 2 is 0.960 bits per heavy atom. The molecule has 0 saturated heterocycles. The van der Waals surface area contributed by atoms with Crippen LogP contribution in [0.15, 0.2) is 0 Å². The van der Waals surface area contributed by atoms with Crippen LogP contribution < -0.4 is 0 Å². The highest BCUT2D eigenvalue weighted by Crippen LogP contribution is 2.26. The van der Waals surface area contributed by atoms with Crippen LogP contribution in [0, 0.1) is 11.3 Å². The summed E-state index contributed by atoms with van der Waals surface area (Å²) in [5.41, 5.74) is -0.417. The summed E-state index contributed by atoms with van der Waals surface area (Å²) in [7, 11) is 0. The standard InChI is InChI=1S/C43H85NO6/c1-6-9-12-15-16-20-27-37-48-41(46)43(4,5)32-24-17-18-25-33-44(35-36-45)34-26-19-21-28-38-49-42(47)50-39-31-40(29-22-13-10-7-2)30-23-14-11-8-3/h40,45H,6-39H2,1-5H3. The van der Waals surface area contributed by atoms with Crippen molar-refractivity contribution in [2.75, 3.05) is 46.1 Å². The first-order valence-electron chi connectivity index (χ1n) is 21.6. The number of ether oxygens (including phenoxy) is 3. The van der Waals surface area contributed by atoms with E-state index >= 15 is 0 Å². The average Bonchev–Trinajstić information content (AvgIpc) is 3.10. The maximum atomic E-state index is 12.6. The third-order valence-electron chi connectivity index (χ3n) is 10.2. The van der Waals surface area contributed by atoms with Crippen LogP contribution in [0.1, 0.15) is 208 Å². The lowest BCUT2D eigenvalue weighted by Crippen LogP contribution is -2.29. The molecule has 0 aromatic rings. The molecule has 7 heteroatoms. The maximum absolute atomic E-state index is 12.6. The third-order valence-corrected chi connectivity index (χ3v) is 10.2. The number of rotatable bonds is 38. The van der Waals surface area contributed by atoms with Crippen LogP contribution in [0.2, 0.25) is 0 Å². The van der Waals surface area contributed by atoms with Gasteiger partial charge >= 0.3 is 12.1 Å². The summed E-state index contributed by atoms with van der Waals surface area (Å²) in [5.74, 6) is 0.602. The molecule has 0 saturated carbocycles. The second-order valence-corrected chi connectivity index (χ2v) is 15.6. The number of nitrogens with zero attached hydrogens (tertiary/aromatic N) is 1. The molecule has 0 unspecified atom stereocenters. The molecule has 0 fully saturated rings. The van der Waals surface area contributed by atoms with Crippen molar-refractivity contribution in [2.24, 2.45) is 11.3 Å². The molecular formula is C43H85NO6. The van der Waals surface area contributed by atoms with Gasteiger partial charge in [-0.3, -0.25) is 4.79 Å². The molecule has 0 rings (SSSR count). The first kappa shape index (κ1) is 48.7. The van der Waals surface area contributed by atoms with E-state index in [4.69, 9.17) is 14.2 Å². The van der Waals surface area contributed by atoms with Gasteiger partial charge in [-0.1, -0.05) is 156 Å². The van der Waals surface area contributed by atoms with Gasteiger partial charge in [-0.25, -0.2) is 4.79 Å². The molecule has 0 atom stereocenters. The number of carbonyl (C=O) groups excluding carboxylic acids is 2. The number of carbonyl (C=O) groups is 2. The van der Waals surface area contributed by atoms with Gasteiger partial charge in [0.05, 0.1) is 31.8 Å². The number of hydrogen-bond acceptors (Lipinski definition) is 7. The van der Waals surface area contributed by atoms with Crippen molar-refractivity contribution in [1.29, 1.82) is 0 Å². The van der Waals surface area contributed by atoms with Crippen molar-refractivity contribution in [3.05, 3.63) is 0 Å². The topological polar surface area (TPSA) is 85.3 Å². The van der Waals surface area contributed by atoms with Gasteiger partial charge < -0.3 is 24.2 Å². The largest absolute Gasteiger partial charge is 0.508 e. The van der Waals surface area contributed by atoms with Gasteiger partial charge in [-0.05, 0) is 71.4 Å². The monoisotopic (exact) mass is 712 g/mol. The van der Waals surface area contributed by atoms with Crippen LogP contribution in [0.3, 0.4) is 0 Å². The fourth-order valence-corrected chi connectivity index (χ4v) is 6.70. The molecular weight excluding hydrogens is 626 g/mol. The van der Waals surface area contributed by atoms with Gasteiger partial charge in [-0.2, -0.15) is 0 Å². The summed E-state index contributed by atoms with van der Waals surface area (Å²) in [6.45, 7) is 15.1. The molecule has 0 spiro atoms. The van der Waals surface area contributed by atoms with Crippen LogP contribution in [0.25, 0.3) is 0 Å². The molecule has 0 aliphatic heterocycles. The highest BCUT2D eigenvalue weighted by molar-refractivity contribution is 5.75. The van der Waals surface area contributed by atoms with E-state index in [9.17, 15) is 14.7 Å². The molecule has 0 aromatic heterocycles. The second-order valence-electron chi connectivity index (χ2n) is 15.6. The third kappa shape index (κ3) is 31.4. The number of hydrogen-bond donors (Lipinski definition) is 1. The smallest absolute Gasteiger partial charge is 0.465 e. The van der Waals surface area contributed by atoms with Gasteiger partial charge in [0.1, 0.15) is 0 Å². The Kier molecular flexibility index (Phi) is 35.1. The minimum atomic E-state index is -0.517. The second kappa shape index (κ2) is 36.0. The Labute approximate surface area is 310 Å². The molecule has 1 N–H and O–H groups in total. The van der Waals surface area contributed by atoms with E-state index in [0.717, 1.165) is 90.1 Å². The summed E-state index contributed by atoms with van der Waals surface area (Å²) < 4.78 is 16.4. The maximum Gasteiger partial charge on any atom is 0.508 e. The predicted molar refractivity (Wildman–Crippen MR) is 211 cm³/mol. The Bertz CT molecular complexity index is 733. The average molecular weight is 712 g/mol. The first-order valence-corrected chi connectivity index (χ1v) is 21.6. The van der Waals surface area contributed by atoms with Crippen molar-refractivity contribution < 1.29 is 28.9 Å². The van der Waals surface area contributed by atoms with Crippen LogP contribution >= 0.6 is 0 Å². The Morgan fingerprint density at radius 1 is 0.520 bits per heavy atom. The van der Waals surface area contributed by atoms with E-state index in [1.165, 1.54) is 96.3 Å². The summed E-state index contributed by atoms with van der Waals surface area (Å²) in [4.78, 5) is 27.1. The summed E-state index contributed by atoms with van der Waals surface area (Å²) in [5, 5.41) is 9.54. The van der Waals surface area contributed by atoms with Crippen molar-refractivity contribution in [2.45, 2.75) is 208 Å². The Hall–Kier alpha value is -1.34. The molecule has 0 aliphatic rings. The molecule has 7 nitrogen and oxygen atoms in total. The van der Waals surface area contributed by atoms with Crippen molar-refractivity contribution in [1.82, 2.24) is 4.90 Å². The Morgan fingerprint density at radius 3 is 1.50 bits per heavy atom. The molecule has 0 amide bonds. The van der Waals surface area contributed by atoms with Gasteiger partial charge in [0.2, 0.25) is 0 Å². The number of aliphatic hydroxyl groups is 1. The van der Waals surface area contributed by atoms with E-state index in [0.29, 0.717) is 32.3 Å². The molecule has 0 aromatic carbocycles. The number of unbranched alkanes of at least 4 members (excludes halogenated alkanes) is 18. The normalized spacial score (nSPS) is 11.8. The molecule has 0 aliphatic carbocycles. The van der Waals surface area contributed by atoms with Crippen molar-refractivity contribution in [3.63, 3.8) is 0 Å². The van der Waals surface area contributed by atoms with Crippen LogP contribution in [0.5, 0.6) is 0 Å². The summed E-state index contributed by atoms with van der Waals surface area (Å²) in [6.07, 6.45) is 31.1. The zero-order chi connectivity index (χ0) is 37.0. The quantitative estimate of drug-likeness (QED) is 0.0504. The van der Waals surface area contributed by atoms with Gasteiger partial charge in [-0.15, -0.1) is 0 Å². The van der Waals surface area contributed by atoms with Crippen molar-refractivity contribution >= 4 is 12.1 Å². The summed E-state index contributed by atoms with van der Waals surface area (Å²) in [6, 6.07) is 0. The van der Waals surface area contributed by atoms with Gasteiger partial charge in [0, 0.05) is 6.54 Å². The number of esters is 1.